The van der Waals surface area contributed by atoms with E-state index in [-0.39, 0.29) is 17.6 Å². The molecule has 1 atom stereocenters. The van der Waals surface area contributed by atoms with Crippen molar-refractivity contribution in [2.24, 2.45) is 10.7 Å². The van der Waals surface area contributed by atoms with E-state index in [1.165, 1.54) is 18.0 Å². The molecule has 1 amide bonds. The molecule has 1 unspecified atom stereocenters. The van der Waals surface area contributed by atoms with E-state index in [9.17, 15) is 4.79 Å². The standard InChI is InChI=1S/C22H23N5O2S/c1-29-18-9-6-14(7-10-18)20(27-22(24)30-2)15-4-3-5-17(12-15)26-21(28)19-11-8-16(23)13-25-19/h3-13,20H,23H2,1-2H3,(H2,24,27)(H,26,28). The number of methoxy groups -OCH3 is 1. The second kappa shape index (κ2) is 9.80. The fourth-order valence-electron chi connectivity index (χ4n) is 2.83. The zero-order valence-electron chi connectivity index (χ0n) is 16.7. The van der Waals surface area contributed by atoms with Crippen molar-refractivity contribution in [3.63, 3.8) is 0 Å². The Morgan fingerprint density at radius 2 is 1.90 bits per heavy atom. The highest BCUT2D eigenvalue weighted by Crippen LogP contribution is 2.30. The van der Waals surface area contributed by atoms with Gasteiger partial charge >= 0.3 is 0 Å². The first kappa shape index (κ1) is 21.2. The summed E-state index contributed by atoms with van der Waals surface area (Å²) in [5, 5.41) is 3.33. The lowest BCUT2D eigenvalue weighted by Crippen LogP contribution is -2.14. The Bertz CT molecular complexity index is 1040. The Labute approximate surface area is 179 Å². The summed E-state index contributed by atoms with van der Waals surface area (Å²) >= 11 is 1.38. The smallest absolute Gasteiger partial charge is 0.274 e. The van der Waals surface area contributed by atoms with Crippen molar-refractivity contribution >= 4 is 34.2 Å². The summed E-state index contributed by atoms with van der Waals surface area (Å²) in [6.07, 6.45) is 3.32. The molecule has 3 aromatic rings. The van der Waals surface area contributed by atoms with Gasteiger partial charge in [-0.05, 0) is 53.8 Å². The first-order valence-corrected chi connectivity index (χ1v) is 10.4. The third-order valence-electron chi connectivity index (χ3n) is 4.38. The van der Waals surface area contributed by atoms with Gasteiger partial charge in [-0.1, -0.05) is 36.0 Å². The number of rotatable bonds is 6. The van der Waals surface area contributed by atoms with E-state index < -0.39 is 0 Å². The number of ether oxygens (including phenoxy) is 1. The number of aliphatic imine (C=N–C) groups is 1. The molecule has 2 aromatic carbocycles. The fourth-order valence-corrected chi connectivity index (χ4v) is 3.04. The number of nitrogens with zero attached hydrogens (tertiary/aromatic N) is 2. The third kappa shape index (κ3) is 5.30. The monoisotopic (exact) mass is 421 g/mol. The number of hydrogen-bond donors (Lipinski definition) is 3. The number of nitrogens with one attached hydrogen (secondary N) is 1. The van der Waals surface area contributed by atoms with Crippen LogP contribution in [0.3, 0.4) is 0 Å². The van der Waals surface area contributed by atoms with E-state index in [2.05, 4.69) is 15.3 Å². The van der Waals surface area contributed by atoms with Gasteiger partial charge in [-0.3, -0.25) is 4.79 Å². The summed E-state index contributed by atoms with van der Waals surface area (Å²) in [7, 11) is 1.62. The molecule has 8 heteroatoms. The SMILES string of the molecule is COc1ccc(C(/N=C(/N)SC)c2cccc(NC(=O)c3ccc(N)cn3)c2)cc1. The molecule has 1 heterocycles. The normalized spacial score (nSPS) is 12.3. The maximum Gasteiger partial charge on any atom is 0.274 e. The third-order valence-corrected chi connectivity index (χ3v) is 4.90. The van der Waals surface area contributed by atoms with Crippen LogP contribution in [0.4, 0.5) is 11.4 Å². The Hall–Kier alpha value is -3.52. The van der Waals surface area contributed by atoms with E-state index in [1.807, 2.05) is 54.8 Å². The molecule has 5 N–H and O–H groups in total. The van der Waals surface area contributed by atoms with Crippen LogP contribution in [0.1, 0.15) is 27.7 Å². The Kier molecular flexibility index (Phi) is 6.92. The minimum atomic E-state index is -0.324. The number of amides is 1. The van der Waals surface area contributed by atoms with E-state index in [0.717, 1.165) is 16.9 Å². The lowest BCUT2D eigenvalue weighted by Gasteiger charge is -2.16. The van der Waals surface area contributed by atoms with Crippen molar-refractivity contribution in [3.05, 3.63) is 83.7 Å². The minimum absolute atomic E-state index is 0.283. The van der Waals surface area contributed by atoms with Gasteiger partial charge in [-0.15, -0.1) is 0 Å². The van der Waals surface area contributed by atoms with Gasteiger partial charge in [0.25, 0.3) is 5.91 Å². The summed E-state index contributed by atoms with van der Waals surface area (Å²) in [5.41, 5.74) is 14.9. The van der Waals surface area contributed by atoms with Crippen LogP contribution in [0.25, 0.3) is 0 Å². The van der Waals surface area contributed by atoms with Gasteiger partial charge < -0.3 is 21.5 Å². The molecule has 0 fully saturated rings. The van der Waals surface area contributed by atoms with Crippen LogP contribution >= 0.6 is 11.8 Å². The molecule has 0 bridgehead atoms. The van der Waals surface area contributed by atoms with Crippen molar-refractivity contribution in [3.8, 4) is 5.75 Å². The van der Waals surface area contributed by atoms with E-state index in [0.29, 0.717) is 16.5 Å². The van der Waals surface area contributed by atoms with Crippen LogP contribution < -0.4 is 21.5 Å². The van der Waals surface area contributed by atoms with Gasteiger partial charge in [-0.2, -0.15) is 0 Å². The van der Waals surface area contributed by atoms with Crippen molar-refractivity contribution in [2.75, 3.05) is 24.4 Å². The van der Waals surface area contributed by atoms with Gasteiger partial charge in [0.2, 0.25) is 0 Å². The molecule has 0 spiro atoms. The minimum Gasteiger partial charge on any atom is -0.497 e. The molecule has 0 saturated heterocycles. The zero-order valence-corrected chi connectivity index (χ0v) is 17.5. The molecule has 0 aliphatic rings. The number of carbonyl (C=O) groups is 1. The van der Waals surface area contributed by atoms with E-state index >= 15 is 0 Å². The number of hydrogen-bond acceptors (Lipinski definition) is 6. The molecule has 154 valence electrons. The number of anilines is 2. The van der Waals surface area contributed by atoms with Crippen molar-refractivity contribution < 1.29 is 9.53 Å². The number of aromatic nitrogens is 1. The maximum absolute atomic E-state index is 12.5. The molecule has 3 rings (SSSR count). The van der Waals surface area contributed by atoms with Crippen molar-refractivity contribution in [1.29, 1.82) is 0 Å². The number of benzene rings is 2. The summed E-state index contributed by atoms with van der Waals surface area (Å²) in [5.74, 6) is 0.441. The summed E-state index contributed by atoms with van der Waals surface area (Å²) < 4.78 is 5.24. The zero-order chi connectivity index (χ0) is 21.5. The van der Waals surface area contributed by atoms with Gasteiger partial charge in [0.15, 0.2) is 5.17 Å². The average molecular weight is 422 g/mol. The lowest BCUT2D eigenvalue weighted by atomic mass is 9.98. The van der Waals surface area contributed by atoms with E-state index in [1.54, 1.807) is 19.2 Å². The predicted octanol–water partition coefficient (Wildman–Crippen LogP) is 3.69. The molecule has 0 aliphatic heterocycles. The Morgan fingerprint density at radius 1 is 1.13 bits per heavy atom. The first-order chi connectivity index (χ1) is 14.5. The molecule has 0 radical (unpaired) electrons. The second-order valence-electron chi connectivity index (χ2n) is 6.40. The average Bonchev–Trinajstić information content (AvgIpc) is 2.78. The number of pyridine rings is 1. The van der Waals surface area contributed by atoms with Gasteiger partial charge in [-0.25, -0.2) is 9.98 Å². The van der Waals surface area contributed by atoms with Crippen LogP contribution in [0.2, 0.25) is 0 Å². The van der Waals surface area contributed by atoms with Crippen molar-refractivity contribution in [1.82, 2.24) is 4.98 Å². The quantitative estimate of drug-likeness (QED) is 0.413. The lowest BCUT2D eigenvalue weighted by molar-refractivity contribution is 0.102. The van der Waals surface area contributed by atoms with Gasteiger partial charge in [0, 0.05) is 5.69 Å². The topological polar surface area (TPSA) is 116 Å². The molecule has 0 saturated carbocycles. The molecule has 1 aromatic heterocycles. The van der Waals surface area contributed by atoms with Crippen LogP contribution in [0.15, 0.2) is 71.9 Å². The summed E-state index contributed by atoms with van der Waals surface area (Å²) in [4.78, 5) is 21.2. The molecule has 0 aliphatic carbocycles. The highest BCUT2D eigenvalue weighted by atomic mass is 32.2. The summed E-state index contributed by atoms with van der Waals surface area (Å²) in [6.45, 7) is 0. The number of amidine groups is 1. The highest BCUT2D eigenvalue weighted by Gasteiger charge is 2.16. The molecule has 30 heavy (non-hydrogen) atoms. The Balaban J connectivity index is 1.90. The highest BCUT2D eigenvalue weighted by molar-refractivity contribution is 8.13. The Morgan fingerprint density at radius 3 is 2.53 bits per heavy atom. The maximum atomic E-state index is 12.5. The van der Waals surface area contributed by atoms with Crippen LogP contribution in [-0.4, -0.2) is 29.4 Å². The predicted molar refractivity (Wildman–Crippen MR) is 123 cm³/mol. The molecular weight excluding hydrogens is 398 g/mol. The second-order valence-corrected chi connectivity index (χ2v) is 7.23. The molecular formula is C22H23N5O2S. The number of nitrogens with two attached hydrogens (primary N) is 2. The van der Waals surface area contributed by atoms with Crippen LogP contribution in [0, 0.1) is 0 Å². The number of nitrogen functional groups attached to an aromatic ring is 1. The van der Waals surface area contributed by atoms with E-state index in [4.69, 9.17) is 16.2 Å². The van der Waals surface area contributed by atoms with Gasteiger partial charge in [0.05, 0.1) is 19.0 Å². The van der Waals surface area contributed by atoms with Gasteiger partial charge in [0.1, 0.15) is 17.5 Å². The largest absolute Gasteiger partial charge is 0.497 e. The number of carbonyl (C=O) groups excluding carboxylic acids is 1. The van der Waals surface area contributed by atoms with Crippen molar-refractivity contribution in [2.45, 2.75) is 6.04 Å². The fraction of sp³-hybridized carbons (Fsp3) is 0.136. The van der Waals surface area contributed by atoms with Crippen LogP contribution in [0.5, 0.6) is 5.75 Å². The first-order valence-electron chi connectivity index (χ1n) is 9.14. The number of thioether (sulfide) groups is 1. The van der Waals surface area contributed by atoms with Crippen LogP contribution in [-0.2, 0) is 0 Å². The molecule has 7 nitrogen and oxygen atoms in total. The summed E-state index contributed by atoms with van der Waals surface area (Å²) in [6, 6.07) is 18.1.